The van der Waals surface area contributed by atoms with Crippen molar-refractivity contribution in [2.45, 2.75) is 20.0 Å². The summed E-state index contributed by atoms with van der Waals surface area (Å²) in [6, 6.07) is 7.45. The predicted molar refractivity (Wildman–Crippen MR) is 70.8 cm³/mol. The standard InChI is InChI=1S/C16H12F4O/c1-9-4-3-5-10(2)14(9)15(21)11-6-7-12(13(17)8-11)16(18,19)20/h3-8H,1-2H3. The van der Waals surface area contributed by atoms with Crippen LogP contribution in [0, 0.1) is 19.7 Å². The summed E-state index contributed by atoms with van der Waals surface area (Å²) in [4.78, 5) is 12.4. The summed E-state index contributed by atoms with van der Waals surface area (Å²) in [5.41, 5.74) is 0.302. The molecule has 0 aliphatic heterocycles. The van der Waals surface area contributed by atoms with Crippen molar-refractivity contribution >= 4 is 5.78 Å². The largest absolute Gasteiger partial charge is 0.419 e. The Balaban J connectivity index is 2.49. The molecule has 0 unspecified atom stereocenters. The van der Waals surface area contributed by atoms with Gasteiger partial charge in [0.05, 0.1) is 5.56 Å². The summed E-state index contributed by atoms with van der Waals surface area (Å²) in [5.74, 6) is -1.93. The minimum absolute atomic E-state index is 0.0992. The maximum Gasteiger partial charge on any atom is 0.419 e. The lowest BCUT2D eigenvalue weighted by molar-refractivity contribution is -0.140. The third-order valence-corrected chi connectivity index (χ3v) is 3.24. The average Bonchev–Trinajstić information content (AvgIpc) is 2.36. The normalized spacial score (nSPS) is 11.5. The number of ketones is 1. The average molecular weight is 296 g/mol. The van der Waals surface area contributed by atoms with Gasteiger partial charge in [-0.1, -0.05) is 24.3 Å². The molecule has 0 saturated heterocycles. The summed E-state index contributed by atoms with van der Waals surface area (Å²) in [7, 11) is 0. The molecule has 0 fully saturated rings. The van der Waals surface area contributed by atoms with Crippen LogP contribution < -0.4 is 0 Å². The first kappa shape index (κ1) is 15.2. The molecular formula is C16H12F4O. The van der Waals surface area contributed by atoms with Crippen molar-refractivity contribution in [1.29, 1.82) is 0 Å². The molecule has 0 heterocycles. The quantitative estimate of drug-likeness (QED) is 0.580. The van der Waals surface area contributed by atoms with Crippen LogP contribution in [0.3, 0.4) is 0 Å². The Hall–Kier alpha value is -2.17. The van der Waals surface area contributed by atoms with E-state index in [9.17, 15) is 22.4 Å². The van der Waals surface area contributed by atoms with Crippen LogP contribution in [0.5, 0.6) is 0 Å². The number of carbonyl (C=O) groups is 1. The van der Waals surface area contributed by atoms with E-state index in [0.717, 1.165) is 6.07 Å². The number of alkyl halides is 3. The highest BCUT2D eigenvalue weighted by Crippen LogP contribution is 2.32. The number of carbonyl (C=O) groups excluding carboxylic acids is 1. The molecule has 1 nitrogen and oxygen atoms in total. The van der Waals surface area contributed by atoms with E-state index in [1.807, 2.05) is 0 Å². The molecule has 0 bridgehead atoms. The molecule has 0 saturated carbocycles. The van der Waals surface area contributed by atoms with Crippen LogP contribution in [0.4, 0.5) is 17.6 Å². The van der Waals surface area contributed by atoms with Gasteiger partial charge in [-0.15, -0.1) is 0 Å². The highest BCUT2D eigenvalue weighted by atomic mass is 19.4. The van der Waals surface area contributed by atoms with E-state index in [0.29, 0.717) is 28.8 Å². The Morgan fingerprint density at radius 1 is 1.00 bits per heavy atom. The number of rotatable bonds is 2. The number of benzene rings is 2. The molecule has 0 radical (unpaired) electrons. The molecule has 21 heavy (non-hydrogen) atoms. The van der Waals surface area contributed by atoms with Gasteiger partial charge in [-0.05, 0) is 37.1 Å². The molecule has 0 N–H and O–H groups in total. The van der Waals surface area contributed by atoms with Crippen LogP contribution in [0.1, 0.15) is 32.6 Å². The van der Waals surface area contributed by atoms with Gasteiger partial charge < -0.3 is 0 Å². The first-order valence-electron chi connectivity index (χ1n) is 6.19. The molecule has 5 heteroatoms. The van der Waals surface area contributed by atoms with Gasteiger partial charge >= 0.3 is 6.18 Å². The maximum absolute atomic E-state index is 13.6. The maximum atomic E-state index is 13.6. The van der Waals surface area contributed by atoms with E-state index in [1.54, 1.807) is 32.0 Å². The Kier molecular flexibility index (Phi) is 3.85. The number of halogens is 4. The molecule has 0 aliphatic rings. The zero-order valence-electron chi connectivity index (χ0n) is 11.4. The smallest absolute Gasteiger partial charge is 0.289 e. The van der Waals surface area contributed by atoms with Gasteiger partial charge in [0.15, 0.2) is 5.78 Å². The van der Waals surface area contributed by atoms with Crippen LogP contribution in [0.25, 0.3) is 0 Å². The minimum atomic E-state index is -4.77. The van der Waals surface area contributed by atoms with Crippen molar-refractivity contribution in [3.63, 3.8) is 0 Å². The van der Waals surface area contributed by atoms with Crippen LogP contribution in [0.15, 0.2) is 36.4 Å². The van der Waals surface area contributed by atoms with Crippen molar-refractivity contribution in [1.82, 2.24) is 0 Å². The Bertz CT molecular complexity index is 682. The lowest BCUT2D eigenvalue weighted by Gasteiger charge is -2.11. The fourth-order valence-corrected chi connectivity index (χ4v) is 2.20. The second-order valence-electron chi connectivity index (χ2n) is 4.79. The predicted octanol–water partition coefficient (Wildman–Crippen LogP) is 4.69. The van der Waals surface area contributed by atoms with Gasteiger partial charge in [-0.2, -0.15) is 13.2 Å². The molecule has 0 atom stereocenters. The Labute approximate surface area is 119 Å². The Morgan fingerprint density at radius 2 is 1.57 bits per heavy atom. The molecule has 110 valence electrons. The van der Waals surface area contributed by atoms with E-state index in [2.05, 4.69) is 0 Å². The summed E-state index contributed by atoms with van der Waals surface area (Å²) < 4.78 is 51.1. The molecule has 0 amide bonds. The van der Waals surface area contributed by atoms with Gasteiger partial charge in [-0.3, -0.25) is 4.79 Å². The molecule has 0 aromatic heterocycles. The van der Waals surface area contributed by atoms with Crippen molar-refractivity contribution in [3.05, 3.63) is 70.0 Å². The van der Waals surface area contributed by atoms with E-state index in [4.69, 9.17) is 0 Å². The Morgan fingerprint density at radius 3 is 2.05 bits per heavy atom. The van der Waals surface area contributed by atoms with Gasteiger partial charge in [0.2, 0.25) is 0 Å². The zero-order chi connectivity index (χ0) is 15.8. The monoisotopic (exact) mass is 296 g/mol. The first-order valence-corrected chi connectivity index (χ1v) is 6.19. The van der Waals surface area contributed by atoms with Crippen LogP contribution in [-0.4, -0.2) is 5.78 Å². The molecule has 2 aromatic rings. The van der Waals surface area contributed by atoms with Gasteiger partial charge in [-0.25, -0.2) is 4.39 Å². The summed E-state index contributed by atoms with van der Waals surface area (Å²) in [6.45, 7) is 3.45. The first-order chi connectivity index (χ1) is 9.71. The number of hydrogen-bond donors (Lipinski definition) is 0. The highest BCUT2D eigenvalue weighted by Gasteiger charge is 2.34. The van der Waals surface area contributed by atoms with Crippen LogP contribution in [0.2, 0.25) is 0 Å². The third kappa shape index (κ3) is 2.96. The fourth-order valence-electron chi connectivity index (χ4n) is 2.20. The van der Waals surface area contributed by atoms with Crippen molar-refractivity contribution in [2.75, 3.05) is 0 Å². The fraction of sp³-hybridized carbons (Fsp3) is 0.188. The minimum Gasteiger partial charge on any atom is -0.289 e. The second kappa shape index (κ2) is 5.31. The molecule has 2 rings (SSSR count). The van der Waals surface area contributed by atoms with Gasteiger partial charge in [0.25, 0.3) is 0 Å². The van der Waals surface area contributed by atoms with Crippen LogP contribution >= 0.6 is 0 Å². The van der Waals surface area contributed by atoms with E-state index in [-0.39, 0.29) is 5.56 Å². The topological polar surface area (TPSA) is 17.1 Å². The van der Waals surface area contributed by atoms with Gasteiger partial charge in [0.1, 0.15) is 5.82 Å². The molecule has 2 aromatic carbocycles. The lowest BCUT2D eigenvalue weighted by atomic mass is 9.94. The van der Waals surface area contributed by atoms with E-state index >= 15 is 0 Å². The van der Waals surface area contributed by atoms with E-state index < -0.39 is 23.3 Å². The lowest BCUT2D eigenvalue weighted by Crippen LogP contribution is -2.11. The number of hydrogen-bond acceptors (Lipinski definition) is 1. The highest BCUT2D eigenvalue weighted by molar-refractivity contribution is 6.10. The van der Waals surface area contributed by atoms with Crippen molar-refractivity contribution in [2.24, 2.45) is 0 Å². The van der Waals surface area contributed by atoms with Crippen LogP contribution in [-0.2, 0) is 6.18 Å². The van der Waals surface area contributed by atoms with E-state index in [1.165, 1.54) is 0 Å². The summed E-state index contributed by atoms with van der Waals surface area (Å²) >= 11 is 0. The summed E-state index contributed by atoms with van der Waals surface area (Å²) in [6.07, 6.45) is -4.77. The van der Waals surface area contributed by atoms with Crippen molar-refractivity contribution < 1.29 is 22.4 Å². The third-order valence-electron chi connectivity index (χ3n) is 3.24. The molecule has 0 spiro atoms. The second-order valence-corrected chi connectivity index (χ2v) is 4.79. The zero-order valence-corrected chi connectivity index (χ0v) is 11.4. The summed E-state index contributed by atoms with van der Waals surface area (Å²) in [5, 5.41) is 0. The molecular weight excluding hydrogens is 284 g/mol. The SMILES string of the molecule is Cc1cccc(C)c1C(=O)c1ccc(C(F)(F)F)c(F)c1. The number of aryl methyl sites for hydroxylation is 2. The van der Waals surface area contributed by atoms with Gasteiger partial charge in [0, 0.05) is 11.1 Å². The molecule has 0 aliphatic carbocycles. The van der Waals surface area contributed by atoms with Crippen molar-refractivity contribution in [3.8, 4) is 0 Å².